The smallest absolute Gasteiger partial charge is 0.274 e. The second kappa shape index (κ2) is 8.70. The van der Waals surface area contributed by atoms with E-state index in [1.165, 1.54) is 16.4 Å². The second-order valence-electron chi connectivity index (χ2n) is 6.64. The maximum Gasteiger partial charge on any atom is 0.274 e. The van der Waals surface area contributed by atoms with E-state index in [1.54, 1.807) is 12.1 Å². The summed E-state index contributed by atoms with van der Waals surface area (Å²) in [5, 5.41) is 0. The number of H-pyrrole nitrogens is 1. The zero-order valence-electron chi connectivity index (χ0n) is 16.3. The molecule has 150 valence electrons. The largest absolute Gasteiger partial charge is 0.331 e. The number of rotatable bonds is 6. The van der Waals surface area contributed by atoms with Crippen molar-refractivity contribution in [3.8, 4) is 0 Å². The van der Waals surface area contributed by atoms with Crippen LogP contribution in [0, 0.1) is 0 Å². The van der Waals surface area contributed by atoms with Crippen LogP contribution in [-0.2, 0) is 10.0 Å². The van der Waals surface area contributed by atoms with E-state index in [0.717, 1.165) is 18.9 Å². The lowest BCUT2D eigenvalue weighted by molar-refractivity contribution is -0.364. The number of aromatic amines is 1. The van der Waals surface area contributed by atoms with Crippen LogP contribution in [0.3, 0.4) is 0 Å². The van der Waals surface area contributed by atoms with Crippen LogP contribution in [0.1, 0.15) is 24.2 Å². The van der Waals surface area contributed by atoms with Crippen LogP contribution in [0.4, 0.5) is 5.82 Å². The first kappa shape index (κ1) is 20.3. The first-order valence-electron chi connectivity index (χ1n) is 9.58. The van der Waals surface area contributed by atoms with Crippen LogP contribution in [0.5, 0.6) is 0 Å². The Balaban J connectivity index is 1.66. The average molecular weight is 404 g/mol. The van der Waals surface area contributed by atoms with Crippen molar-refractivity contribution < 1.29 is 18.2 Å². The number of anilines is 1. The highest BCUT2D eigenvalue weighted by Crippen LogP contribution is 2.18. The minimum absolute atomic E-state index is 0.0662. The highest BCUT2D eigenvalue weighted by molar-refractivity contribution is 7.89. The minimum atomic E-state index is -3.51. The number of sulfonamides is 1. The Morgan fingerprint density at radius 3 is 2.18 bits per heavy atom. The third kappa shape index (κ3) is 4.18. The molecule has 2 heterocycles. The summed E-state index contributed by atoms with van der Waals surface area (Å²) in [4.78, 5) is 20.2. The van der Waals surface area contributed by atoms with Crippen LogP contribution in [0.25, 0.3) is 0 Å². The molecule has 8 heteroatoms. The third-order valence-electron chi connectivity index (χ3n) is 5.04. The molecule has 0 saturated carbocycles. The molecule has 0 atom stereocenters. The first-order valence-corrected chi connectivity index (χ1v) is 11.0. The van der Waals surface area contributed by atoms with Crippen molar-refractivity contribution in [1.82, 2.24) is 9.21 Å². The van der Waals surface area contributed by atoms with Gasteiger partial charge in [0.05, 0.1) is 24.2 Å². The topological polar surface area (TPSA) is 75.1 Å². The van der Waals surface area contributed by atoms with Crippen molar-refractivity contribution in [2.24, 2.45) is 0 Å². The highest BCUT2D eigenvalue weighted by atomic mass is 32.2. The van der Waals surface area contributed by atoms with Gasteiger partial charge in [0.1, 0.15) is 13.1 Å². The van der Waals surface area contributed by atoms with Gasteiger partial charge in [-0.2, -0.15) is 4.31 Å². The van der Waals surface area contributed by atoms with Gasteiger partial charge in [-0.3, -0.25) is 9.69 Å². The minimum Gasteiger partial charge on any atom is -0.331 e. The van der Waals surface area contributed by atoms with Crippen molar-refractivity contribution in [3.05, 3.63) is 54.2 Å². The molecule has 3 rings (SSSR count). The molecule has 28 heavy (non-hydrogen) atoms. The standard InChI is InChI=1S/C20H26N4O3S/c1-3-24(4-2)28(26,27)18-10-8-17(9-11-18)20(25)23-15-13-22(14-16-23)19-7-5-6-12-21-19/h5-12H,3-4,13-16H2,1-2H3/p+1. The number of piperazine rings is 1. The number of nitrogens with zero attached hydrogens (tertiary/aromatic N) is 3. The summed E-state index contributed by atoms with van der Waals surface area (Å²) < 4.78 is 26.5. The number of hydrogen-bond acceptors (Lipinski definition) is 4. The van der Waals surface area contributed by atoms with Crippen molar-refractivity contribution in [2.45, 2.75) is 18.7 Å². The lowest BCUT2D eigenvalue weighted by Gasteiger charge is -2.31. The van der Waals surface area contributed by atoms with E-state index in [9.17, 15) is 13.2 Å². The Morgan fingerprint density at radius 1 is 1.00 bits per heavy atom. The fraction of sp³-hybridized carbons (Fsp3) is 0.400. The van der Waals surface area contributed by atoms with Crippen LogP contribution >= 0.6 is 0 Å². The number of aromatic nitrogens is 1. The SMILES string of the molecule is CCN(CC)S(=O)(=O)c1ccc(C(=O)N2CCN(c3cccc[nH+]3)CC2)cc1. The first-order chi connectivity index (χ1) is 13.5. The van der Waals surface area contributed by atoms with E-state index in [1.807, 2.05) is 43.1 Å². The Labute approximate surface area is 166 Å². The van der Waals surface area contributed by atoms with Crippen LogP contribution in [0.15, 0.2) is 53.6 Å². The Kier molecular flexibility index (Phi) is 6.31. The summed E-state index contributed by atoms with van der Waals surface area (Å²) in [7, 11) is -3.51. The Morgan fingerprint density at radius 2 is 1.64 bits per heavy atom. The molecule has 1 aromatic heterocycles. The molecule has 1 fully saturated rings. The molecule has 0 aliphatic carbocycles. The third-order valence-corrected chi connectivity index (χ3v) is 7.11. The molecule has 1 aliphatic heterocycles. The molecule has 1 aliphatic rings. The zero-order valence-corrected chi connectivity index (χ0v) is 17.2. The predicted octanol–water partition coefficient (Wildman–Crippen LogP) is 1.49. The van der Waals surface area contributed by atoms with Crippen molar-refractivity contribution in [1.29, 1.82) is 0 Å². The average Bonchev–Trinajstić information content (AvgIpc) is 2.75. The molecule has 2 aromatic rings. The molecular weight excluding hydrogens is 376 g/mol. The van der Waals surface area contributed by atoms with Gasteiger partial charge in [-0.25, -0.2) is 13.4 Å². The van der Waals surface area contributed by atoms with E-state index in [2.05, 4.69) is 9.88 Å². The molecule has 0 spiro atoms. The van der Waals surface area contributed by atoms with Gasteiger partial charge in [-0.1, -0.05) is 19.9 Å². The fourth-order valence-electron chi connectivity index (χ4n) is 3.40. The monoisotopic (exact) mass is 403 g/mol. The van der Waals surface area contributed by atoms with Gasteiger partial charge in [-0.05, 0) is 30.3 Å². The van der Waals surface area contributed by atoms with E-state index in [-0.39, 0.29) is 10.8 Å². The number of nitrogens with one attached hydrogen (secondary N) is 1. The van der Waals surface area contributed by atoms with Gasteiger partial charge >= 0.3 is 0 Å². The predicted molar refractivity (Wildman–Crippen MR) is 108 cm³/mol. The number of hydrogen-bond donors (Lipinski definition) is 0. The molecular formula is C20H27N4O3S+. The van der Waals surface area contributed by atoms with Gasteiger partial charge in [0, 0.05) is 24.7 Å². The molecule has 0 radical (unpaired) electrons. The summed E-state index contributed by atoms with van der Waals surface area (Å²) in [5.41, 5.74) is 0.512. The van der Waals surface area contributed by atoms with Crippen LogP contribution in [-0.4, -0.2) is 62.8 Å². The van der Waals surface area contributed by atoms with Crippen molar-refractivity contribution >= 4 is 21.7 Å². The van der Waals surface area contributed by atoms with E-state index < -0.39 is 10.0 Å². The van der Waals surface area contributed by atoms with Crippen molar-refractivity contribution in [2.75, 3.05) is 44.2 Å². The number of pyridine rings is 1. The van der Waals surface area contributed by atoms with Gasteiger partial charge in [0.25, 0.3) is 11.7 Å². The summed E-state index contributed by atoms with van der Waals surface area (Å²) in [6, 6.07) is 12.2. The van der Waals surface area contributed by atoms with Gasteiger partial charge < -0.3 is 4.90 Å². The number of amides is 1. The lowest BCUT2D eigenvalue weighted by Crippen LogP contribution is -2.50. The van der Waals surface area contributed by atoms with E-state index in [0.29, 0.717) is 31.7 Å². The molecule has 1 amide bonds. The normalized spacial score (nSPS) is 15.1. The van der Waals surface area contributed by atoms with E-state index >= 15 is 0 Å². The lowest BCUT2D eigenvalue weighted by atomic mass is 10.2. The molecule has 0 unspecified atom stereocenters. The molecule has 1 N–H and O–H groups in total. The Bertz CT molecular complexity index is 889. The molecule has 1 aromatic carbocycles. The Hall–Kier alpha value is -2.45. The van der Waals surface area contributed by atoms with E-state index in [4.69, 9.17) is 0 Å². The number of carbonyl (C=O) groups excluding carboxylic acids is 1. The van der Waals surface area contributed by atoms with Gasteiger partial charge in [0.2, 0.25) is 10.0 Å². The maximum absolute atomic E-state index is 12.8. The van der Waals surface area contributed by atoms with Crippen molar-refractivity contribution in [3.63, 3.8) is 0 Å². The zero-order chi connectivity index (χ0) is 20.1. The van der Waals surface area contributed by atoms with Gasteiger partial charge in [0.15, 0.2) is 0 Å². The maximum atomic E-state index is 12.8. The summed E-state index contributed by atoms with van der Waals surface area (Å²) >= 11 is 0. The summed E-state index contributed by atoms with van der Waals surface area (Å²) in [5.74, 6) is 0.976. The fourth-order valence-corrected chi connectivity index (χ4v) is 4.85. The van der Waals surface area contributed by atoms with Crippen LogP contribution < -0.4 is 9.88 Å². The summed E-state index contributed by atoms with van der Waals surface area (Å²) in [6.45, 7) is 7.21. The highest BCUT2D eigenvalue weighted by Gasteiger charge is 2.27. The van der Waals surface area contributed by atoms with Gasteiger partial charge in [-0.15, -0.1) is 0 Å². The number of benzene rings is 1. The summed E-state index contributed by atoms with van der Waals surface area (Å²) in [6.07, 6.45) is 1.89. The van der Waals surface area contributed by atoms with Crippen LogP contribution in [0.2, 0.25) is 0 Å². The molecule has 1 saturated heterocycles. The quantitative estimate of drug-likeness (QED) is 0.732. The molecule has 0 bridgehead atoms. The molecule has 7 nitrogen and oxygen atoms in total. The number of carbonyl (C=O) groups is 1. The second-order valence-corrected chi connectivity index (χ2v) is 8.58.